The highest BCUT2D eigenvalue weighted by molar-refractivity contribution is 7.19. The summed E-state index contributed by atoms with van der Waals surface area (Å²) in [5.41, 5.74) is 0.605. The fourth-order valence-corrected chi connectivity index (χ4v) is 4.53. The van der Waals surface area contributed by atoms with Crippen molar-refractivity contribution in [2.75, 3.05) is 0 Å². The lowest BCUT2D eigenvalue weighted by molar-refractivity contribution is 0.587. The maximum absolute atomic E-state index is 14.1. The minimum atomic E-state index is -0.792. The summed E-state index contributed by atoms with van der Waals surface area (Å²) in [5.74, 6) is -1.73. The normalized spacial score (nSPS) is 11.3. The van der Waals surface area contributed by atoms with E-state index in [9.17, 15) is 13.6 Å². The number of hydrogen-bond donors (Lipinski definition) is 1. The minimum absolute atomic E-state index is 0.141. The van der Waals surface area contributed by atoms with Crippen LogP contribution in [0.1, 0.15) is 11.8 Å². The van der Waals surface area contributed by atoms with Crippen LogP contribution in [0.5, 0.6) is 0 Å². The smallest absolute Gasteiger partial charge is 0.260 e. The van der Waals surface area contributed by atoms with E-state index in [1.165, 1.54) is 17.4 Å². The average molecular weight is 437 g/mol. The van der Waals surface area contributed by atoms with Crippen molar-refractivity contribution in [3.8, 4) is 22.5 Å². The van der Waals surface area contributed by atoms with Crippen molar-refractivity contribution in [1.82, 2.24) is 9.97 Å². The maximum atomic E-state index is 14.1. The molecule has 2 aromatic carbocycles. The lowest BCUT2D eigenvalue weighted by Crippen LogP contribution is -2.10. The van der Waals surface area contributed by atoms with Crippen molar-refractivity contribution in [1.29, 1.82) is 0 Å². The molecule has 2 aromatic heterocycles. The highest BCUT2D eigenvalue weighted by Gasteiger charge is 2.21. The molecule has 142 valence electrons. The number of aryl methyl sites for hydroxylation is 1. The van der Waals surface area contributed by atoms with Crippen LogP contribution in [0.3, 0.4) is 0 Å². The van der Waals surface area contributed by atoms with E-state index < -0.39 is 17.2 Å². The van der Waals surface area contributed by atoms with Gasteiger partial charge in [0.15, 0.2) is 0 Å². The average Bonchev–Trinajstić information content (AvgIpc) is 3.03. The van der Waals surface area contributed by atoms with Crippen LogP contribution in [0.15, 0.2) is 41.2 Å². The standard InChI is InChI=1S/C20H12Cl2F2N2OS/c1-2-14-15(9-6-7-10(21)11(22)8-9)17-19(27)25-18(26-20(17)28-14)16-12(23)4-3-5-13(16)24/h3-8H,2H2,1H3,(H,25,26,27). The topological polar surface area (TPSA) is 45.8 Å². The number of H-pyrrole nitrogens is 1. The second kappa shape index (κ2) is 7.28. The Morgan fingerprint density at radius 3 is 2.43 bits per heavy atom. The summed E-state index contributed by atoms with van der Waals surface area (Å²) < 4.78 is 28.3. The molecule has 2 heterocycles. The first-order valence-electron chi connectivity index (χ1n) is 8.36. The number of nitrogens with zero attached hydrogens (tertiary/aromatic N) is 1. The molecule has 0 aliphatic heterocycles. The Morgan fingerprint density at radius 2 is 1.79 bits per heavy atom. The van der Waals surface area contributed by atoms with Crippen LogP contribution in [-0.2, 0) is 6.42 Å². The molecule has 0 saturated carbocycles. The van der Waals surface area contributed by atoms with Gasteiger partial charge in [0, 0.05) is 10.4 Å². The molecule has 0 amide bonds. The van der Waals surface area contributed by atoms with Gasteiger partial charge in [-0.15, -0.1) is 11.3 Å². The van der Waals surface area contributed by atoms with Gasteiger partial charge in [-0.3, -0.25) is 4.79 Å². The molecule has 0 saturated heterocycles. The zero-order chi connectivity index (χ0) is 20.0. The van der Waals surface area contributed by atoms with Crippen molar-refractivity contribution in [3.63, 3.8) is 0 Å². The molecular weight excluding hydrogens is 425 g/mol. The molecule has 0 radical (unpaired) electrons. The van der Waals surface area contributed by atoms with Gasteiger partial charge in [0.2, 0.25) is 0 Å². The predicted molar refractivity (Wildman–Crippen MR) is 110 cm³/mol. The van der Waals surface area contributed by atoms with E-state index in [-0.39, 0.29) is 11.4 Å². The fourth-order valence-electron chi connectivity index (χ4n) is 3.10. The molecule has 0 fully saturated rings. The second-order valence-electron chi connectivity index (χ2n) is 6.07. The third kappa shape index (κ3) is 3.11. The van der Waals surface area contributed by atoms with Crippen molar-refractivity contribution in [2.45, 2.75) is 13.3 Å². The number of hydrogen-bond acceptors (Lipinski definition) is 3. The third-order valence-electron chi connectivity index (χ3n) is 4.36. The summed E-state index contributed by atoms with van der Waals surface area (Å²) >= 11 is 13.5. The van der Waals surface area contributed by atoms with Crippen LogP contribution in [0, 0.1) is 11.6 Å². The first-order valence-corrected chi connectivity index (χ1v) is 9.93. The zero-order valence-corrected chi connectivity index (χ0v) is 16.8. The van der Waals surface area contributed by atoms with Gasteiger partial charge in [0.1, 0.15) is 22.3 Å². The van der Waals surface area contributed by atoms with E-state index in [1.54, 1.807) is 18.2 Å². The molecule has 1 N–H and O–H groups in total. The summed E-state index contributed by atoms with van der Waals surface area (Å²) in [6.07, 6.45) is 0.652. The van der Waals surface area contributed by atoms with E-state index in [0.29, 0.717) is 32.2 Å². The lowest BCUT2D eigenvalue weighted by atomic mass is 10.0. The van der Waals surface area contributed by atoms with E-state index in [4.69, 9.17) is 23.2 Å². The van der Waals surface area contributed by atoms with Gasteiger partial charge >= 0.3 is 0 Å². The molecule has 0 bridgehead atoms. The van der Waals surface area contributed by atoms with Gasteiger partial charge in [-0.2, -0.15) is 0 Å². The number of aromatic nitrogens is 2. The lowest BCUT2D eigenvalue weighted by Gasteiger charge is -2.06. The molecule has 0 atom stereocenters. The van der Waals surface area contributed by atoms with E-state index in [0.717, 1.165) is 22.6 Å². The Labute approximate surface area is 172 Å². The molecule has 28 heavy (non-hydrogen) atoms. The number of rotatable bonds is 3. The van der Waals surface area contributed by atoms with Crippen molar-refractivity contribution in [2.24, 2.45) is 0 Å². The Hall–Kier alpha value is -2.28. The Morgan fingerprint density at radius 1 is 1.07 bits per heavy atom. The van der Waals surface area contributed by atoms with Gasteiger partial charge < -0.3 is 4.98 Å². The van der Waals surface area contributed by atoms with Crippen LogP contribution in [0.4, 0.5) is 8.78 Å². The van der Waals surface area contributed by atoms with Crippen molar-refractivity contribution >= 4 is 44.8 Å². The molecule has 3 nitrogen and oxygen atoms in total. The third-order valence-corrected chi connectivity index (χ3v) is 6.33. The zero-order valence-electron chi connectivity index (χ0n) is 14.4. The summed E-state index contributed by atoms with van der Waals surface area (Å²) in [4.78, 5) is 21.1. The molecule has 0 aliphatic carbocycles. The Balaban J connectivity index is 2.01. The van der Waals surface area contributed by atoms with E-state index in [2.05, 4.69) is 9.97 Å². The van der Waals surface area contributed by atoms with Crippen molar-refractivity contribution in [3.05, 3.63) is 73.3 Å². The number of halogens is 4. The SMILES string of the molecule is CCc1sc2nc(-c3c(F)cccc3F)[nH]c(=O)c2c1-c1ccc(Cl)c(Cl)c1. The second-order valence-corrected chi connectivity index (χ2v) is 7.97. The summed E-state index contributed by atoms with van der Waals surface area (Å²) in [6, 6.07) is 8.62. The van der Waals surface area contributed by atoms with Gasteiger partial charge in [-0.25, -0.2) is 13.8 Å². The molecule has 0 spiro atoms. The number of nitrogens with one attached hydrogen (secondary N) is 1. The van der Waals surface area contributed by atoms with Gasteiger partial charge in [0.05, 0.1) is 21.0 Å². The molecule has 4 rings (SSSR count). The van der Waals surface area contributed by atoms with Crippen LogP contribution >= 0.6 is 34.5 Å². The fraction of sp³-hybridized carbons (Fsp3) is 0.100. The first-order chi connectivity index (χ1) is 13.4. The minimum Gasteiger partial charge on any atom is -0.306 e. The largest absolute Gasteiger partial charge is 0.306 e. The summed E-state index contributed by atoms with van der Waals surface area (Å²) in [7, 11) is 0. The van der Waals surface area contributed by atoms with Crippen molar-refractivity contribution < 1.29 is 8.78 Å². The van der Waals surface area contributed by atoms with Gasteiger partial charge in [-0.1, -0.05) is 42.3 Å². The predicted octanol–water partition coefficient (Wildman–Crippen LogP) is 6.47. The van der Waals surface area contributed by atoms with Gasteiger partial charge in [-0.05, 0) is 36.2 Å². The highest BCUT2D eigenvalue weighted by atomic mass is 35.5. The van der Waals surface area contributed by atoms with Crippen LogP contribution < -0.4 is 5.56 Å². The maximum Gasteiger partial charge on any atom is 0.260 e. The number of thiophene rings is 1. The van der Waals surface area contributed by atoms with Crippen LogP contribution in [-0.4, -0.2) is 9.97 Å². The van der Waals surface area contributed by atoms with E-state index in [1.807, 2.05) is 6.92 Å². The number of aromatic amines is 1. The molecule has 0 aliphatic rings. The summed E-state index contributed by atoms with van der Waals surface area (Å²) in [6.45, 7) is 1.96. The van der Waals surface area contributed by atoms with Crippen LogP contribution in [0.2, 0.25) is 10.0 Å². The first kappa shape index (κ1) is 19.1. The van der Waals surface area contributed by atoms with Crippen LogP contribution in [0.25, 0.3) is 32.7 Å². The molecular formula is C20H12Cl2F2N2OS. The number of fused-ring (bicyclic) bond motifs is 1. The molecule has 4 aromatic rings. The molecule has 0 unspecified atom stereocenters. The quantitative estimate of drug-likeness (QED) is 0.400. The van der Waals surface area contributed by atoms with E-state index >= 15 is 0 Å². The highest BCUT2D eigenvalue weighted by Crippen LogP contribution is 2.39. The Bertz CT molecular complexity index is 1260. The van der Waals surface area contributed by atoms with Gasteiger partial charge in [0.25, 0.3) is 5.56 Å². The Kier molecular flexibility index (Phi) is 4.95. The monoisotopic (exact) mass is 436 g/mol. The number of benzene rings is 2. The molecule has 8 heteroatoms. The summed E-state index contributed by atoms with van der Waals surface area (Å²) in [5, 5.41) is 1.14.